The van der Waals surface area contributed by atoms with Crippen LogP contribution in [0.1, 0.15) is 25.3 Å². The molecule has 3 rings (SSSR count). The standard InChI is InChI=1S/C16H17NO/c1-11-7-8-13-15(9-11)17-14(10-16(13)18)12-5-3-2-4-6-12/h2-6,9-10,15,17-18H,7-8H2,1H3. The van der Waals surface area contributed by atoms with Gasteiger partial charge >= 0.3 is 0 Å². The zero-order valence-electron chi connectivity index (χ0n) is 10.5. The van der Waals surface area contributed by atoms with Crippen molar-refractivity contribution in [2.75, 3.05) is 0 Å². The molecule has 0 aromatic heterocycles. The van der Waals surface area contributed by atoms with E-state index in [0.29, 0.717) is 5.76 Å². The minimum Gasteiger partial charge on any atom is -0.508 e. The van der Waals surface area contributed by atoms with Crippen LogP contribution in [-0.2, 0) is 0 Å². The Hall–Kier alpha value is -1.96. The number of fused-ring (bicyclic) bond motifs is 1. The van der Waals surface area contributed by atoms with Gasteiger partial charge in [-0.05, 0) is 30.9 Å². The second kappa shape index (κ2) is 4.37. The molecular weight excluding hydrogens is 222 g/mol. The van der Waals surface area contributed by atoms with Crippen molar-refractivity contribution < 1.29 is 5.11 Å². The van der Waals surface area contributed by atoms with Crippen molar-refractivity contribution in [3.05, 3.63) is 65.0 Å². The van der Waals surface area contributed by atoms with Gasteiger partial charge in [-0.1, -0.05) is 42.0 Å². The lowest BCUT2D eigenvalue weighted by molar-refractivity contribution is 0.410. The van der Waals surface area contributed by atoms with Crippen LogP contribution in [0.3, 0.4) is 0 Å². The van der Waals surface area contributed by atoms with Crippen molar-refractivity contribution in [1.29, 1.82) is 0 Å². The first-order chi connectivity index (χ1) is 8.74. The first kappa shape index (κ1) is 11.1. The Morgan fingerprint density at radius 2 is 1.94 bits per heavy atom. The Kier molecular flexibility index (Phi) is 2.71. The zero-order valence-corrected chi connectivity index (χ0v) is 10.5. The lowest BCUT2D eigenvalue weighted by Gasteiger charge is -2.30. The smallest absolute Gasteiger partial charge is 0.119 e. The van der Waals surface area contributed by atoms with Gasteiger partial charge in [0.25, 0.3) is 0 Å². The highest BCUT2D eigenvalue weighted by Crippen LogP contribution is 2.31. The highest BCUT2D eigenvalue weighted by molar-refractivity contribution is 5.69. The number of nitrogens with one attached hydrogen (secondary N) is 1. The summed E-state index contributed by atoms with van der Waals surface area (Å²) in [7, 11) is 0. The van der Waals surface area contributed by atoms with E-state index in [9.17, 15) is 5.11 Å². The van der Waals surface area contributed by atoms with Gasteiger partial charge < -0.3 is 10.4 Å². The van der Waals surface area contributed by atoms with Crippen LogP contribution >= 0.6 is 0 Å². The maximum Gasteiger partial charge on any atom is 0.119 e. The number of rotatable bonds is 1. The number of benzene rings is 1. The van der Waals surface area contributed by atoms with Gasteiger partial charge in [0, 0.05) is 11.8 Å². The lowest BCUT2D eigenvalue weighted by atomic mass is 9.87. The van der Waals surface area contributed by atoms with Gasteiger partial charge in [0.2, 0.25) is 0 Å². The van der Waals surface area contributed by atoms with E-state index in [-0.39, 0.29) is 6.04 Å². The van der Waals surface area contributed by atoms with E-state index < -0.39 is 0 Å². The average molecular weight is 239 g/mol. The normalized spacial score (nSPS) is 22.8. The number of allylic oxidation sites excluding steroid dienone is 2. The summed E-state index contributed by atoms with van der Waals surface area (Å²) in [5.41, 5.74) is 4.60. The Morgan fingerprint density at radius 1 is 1.17 bits per heavy atom. The van der Waals surface area contributed by atoms with E-state index >= 15 is 0 Å². The average Bonchev–Trinajstić information content (AvgIpc) is 2.39. The van der Waals surface area contributed by atoms with Crippen LogP contribution < -0.4 is 5.32 Å². The van der Waals surface area contributed by atoms with Crippen LogP contribution in [0.4, 0.5) is 0 Å². The highest BCUT2D eigenvalue weighted by atomic mass is 16.3. The van der Waals surface area contributed by atoms with Crippen molar-refractivity contribution in [2.24, 2.45) is 0 Å². The monoisotopic (exact) mass is 239 g/mol. The van der Waals surface area contributed by atoms with Crippen molar-refractivity contribution in [3.8, 4) is 0 Å². The van der Waals surface area contributed by atoms with Gasteiger partial charge in [-0.2, -0.15) is 0 Å². The maximum absolute atomic E-state index is 10.2. The Labute approximate surface area is 107 Å². The summed E-state index contributed by atoms with van der Waals surface area (Å²) < 4.78 is 0. The topological polar surface area (TPSA) is 32.3 Å². The molecule has 0 saturated carbocycles. The molecule has 2 N–H and O–H groups in total. The minimum absolute atomic E-state index is 0.152. The summed E-state index contributed by atoms with van der Waals surface area (Å²) in [5.74, 6) is 0.432. The Balaban J connectivity index is 1.99. The molecule has 0 spiro atoms. The van der Waals surface area contributed by atoms with Crippen LogP contribution in [0.2, 0.25) is 0 Å². The largest absolute Gasteiger partial charge is 0.508 e. The fraction of sp³-hybridized carbons (Fsp3) is 0.250. The Bertz CT molecular complexity index is 552. The molecule has 1 heterocycles. The van der Waals surface area contributed by atoms with Gasteiger partial charge in [0.15, 0.2) is 0 Å². The van der Waals surface area contributed by atoms with Crippen molar-refractivity contribution in [3.63, 3.8) is 0 Å². The van der Waals surface area contributed by atoms with E-state index in [2.05, 4.69) is 30.4 Å². The molecule has 0 fully saturated rings. The fourth-order valence-electron chi connectivity index (χ4n) is 2.59. The second-order valence-corrected chi connectivity index (χ2v) is 4.97. The summed E-state index contributed by atoms with van der Waals surface area (Å²) in [6.07, 6.45) is 6.05. The molecular formula is C16H17NO. The van der Waals surface area contributed by atoms with E-state index in [1.807, 2.05) is 24.3 Å². The van der Waals surface area contributed by atoms with Gasteiger partial charge in [0.05, 0.1) is 6.04 Å². The van der Waals surface area contributed by atoms with Crippen molar-refractivity contribution in [2.45, 2.75) is 25.8 Å². The van der Waals surface area contributed by atoms with E-state index in [1.165, 1.54) is 5.57 Å². The fourth-order valence-corrected chi connectivity index (χ4v) is 2.59. The van der Waals surface area contributed by atoms with Gasteiger partial charge in [-0.15, -0.1) is 0 Å². The number of aliphatic hydroxyl groups is 1. The molecule has 2 aliphatic rings. The lowest BCUT2D eigenvalue weighted by Crippen LogP contribution is -2.33. The molecule has 18 heavy (non-hydrogen) atoms. The SMILES string of the molecule is CC1=CC2NC(c3ccccc3)=CC(O)=C2CC1. The molecule has 1 aliphatic heterocycles. The molecule has 1 unspecified atom stereocenters. The summed E-state index contributed by atoms with van der Waals surface area (Å²) >= 11 is 0. The van der Waals surface area contributed by atoms with Gasteiger partial charge in [-0.25, -0.2) is 0 Å². The zero-order chi connectivity index (χ0) is 12.5. The summed E-state index contributed by atoms with van der Waals surface area (Å²) in [6, 6.07) is 10.3. The first-order valence-electron chi connectivity index (χ1n) is 6.37. The molecule has 2 nitrogen and oxygen atoms in total. The van der Waals surface area contributed by atoms with E-state index in [4.69, 9.17) is 0 Å². The molecule has 1 aliphatic carbocycles. The predicted molar refractivity (Wildman–Crippen MR) is 74.0 cm³/mol. The molecule has 0 radical (unpaired) electrons. The number of aliphatic hydroxyl groups excluding tert-OH is 1. The van der Waals surface area contributed by atoms with Crippen LogP contribution in [-0.4, -0.2) is 11.1 Å². The predicted octanol–water partition coefficient (Wildman–Crippen LogP) is 3.55. The highest BCUT2D eigenvalue weighted by Gasteiger charge is 2.24. The summed E-state index contributed by atoms with van der Waals surface area (Å²) in [6.45, 7) is 2.15. The number of dihydropyridines is 1. The summed E-state index contributed by atoms with van der Waals surface area (Å²) in [4.78, 5) is 0. The van der Waals surface area contributed by atoms with Crippen molar-refractivity contribution in [1.82, 2.24) is 5.32 Å². The molecule has 1 aromatic rings. The van der Waals surface area contributed by atoms with E-state index in [1.54, 1.807) is 0 Å². The second-order valence-electron chi connectivity index (χ2n) is 4.97. The molecule has 92 valence electrons. The number of hydrogen-bond acceptors (Lipinski definition) is 2. The van der Waals surface area contributed by atoms with Crippen LogP contribution in [0.25, 0.3) is 5.70 Å². The molecule has 0 saturated heterocycles. The Morgan fingerprint density at radius 3 is 2.72 bits per heavy atom. The maximum atomic E-state index is 10.2. The van der Waals surface area contributed by atoms with E-state index in [0.717, 1.165) is 29.7 Å². The third-order valence-corrected chi connectivity index (χ3v) is 3.62. The number of hydrogen-bond donors (Lipinski definition) is 2. The third-order valence-electron chi connectivity index (χ3n) is 3.62. The molecule has 1 atom stereocenters. The minimum atomic E-state index is 0.152. The van der Waals surface area contributed by atoms with Crippen molar-refractivity contribution >= 4 is 5.70 Å². The summed E-state index contributed by atoms with van der Waals surface area (Å²) in [5, 5.41) is 13.7. The van der Waals surface area contributed by atoms with Crippen LogP contribution in [0.15, 0.2) is 59.4 Å². The van der Waals surface area contributed by atoms with Crippen LogP contribution in [0, 0.1) is 0 Å². The molecule has 1 aromatic carbocycles. The molecule has 2 heteroatoms. The van der Waals surface area contributed by atoms with Crippen LogP contribution in [0.5, 0.6) is 0 Å². The van der Waals surface area contributed by atoms with Gasteiger partial charge in [-0.3, -0.25) is 0 Å². The quantitative estimate of drug-likeness (QED) is 0.734. The molecule has 0 bridgehead atoms. The third kappa shape index (κ3) is 1.94. The molecule has 0 amide bonds. The van der Waals surface area contributed by atoms with Gasteiger partial charge in [0.1, 0.15) is 5.76 Å². The first-order valence-corrected chi connectivity index (χ1v) is 6.37.